The molecule has 0 bridgehead atoms. The van der Waals surface area contributed by atoms with Gasteiger partial charge in [-0.3, -0.25) is 0 Å². The SMILES string of the molecule is CCOc1ccc(C)cc1C(CN)C1CCN(CCO)CC1. The van der Waals surface area contributed by atoms with Crippen LogP contribution in [0.25, 0.3) is 0 Å². The van der Waals surface area contributed by atoms with Crippen LogP contribution < -0.4 is 10.5 Å². The number of nitrogens with zero attached hydrogens (tertiary/aromatic N) is 1. The summed E-state index contributed by atoms with van der Waals surface area (Å²) >= 11 is 0. The third kappa shape index (κ3) is 4.22. The predicted octanol–water partition coefficient (Wildman–Crippen LogP) is 2.14. The van der Waals surface area contributed by atoms with Crippen molar-refractivity contribution >= 4 is 0 Å². The summed E-state index contributed by atoms with van der Waals surface area (Å²) in [4.78, 5) is 2.34. The summed E-state index contributed by atoms with van der Waals surface area (Å²) in [6.07, 6.45) is 2.28. The number of aryl methyl sites for hydroxylation is 1. The van der Waals surface area contributed by atoms with Crippen molar-refractivity contribution < 1.29 is 9.84 Å². The fraction of sp³-hybridized carbons (Fsp3) is 0.667. The third-order valence-corrected chi connectivity index (χ3v) is 4.74. The van der Waals surface area contributed by atoms with Gasteiger partial charge in [0.05, 0.1) is 13.2 Å². The van der Waals surface area contributed by atoms with Gasteiger partial charge in [-0.2, -0.15) is 0 Å². The van der Waals surface area contributed by atoms with E-state index >= 15 is 0 Å². The van der Waals surface area contributed by atoms with Crippen LogP contribution >= 0.6 is 0 Å². The second-order valence-electron chi connectivity index (χ2n) is 6.22. The van der Waals surface area contributed by atoms with Gasteiger partial charge in [-0.05, 0) is 63.9 Å². The molecule has 4 heteroatoms. The fourth-order valence-corrected chi connectivity index (χ4v) is 3.54. The molecule has 1 aliphatic rings. The van der Waals surface area contributed by atoms with Gasteiger partial charge in [-0.1, -0.05) is 17.7 Å². The molecule has 3 N–H and O–H groups in total. The van der Waals surface area contributed by atoms with E-state index in [-0.39, 0.29) is 6.61 Å². The van der Waals surface area contributed by atoms with Crippen molar-refractivity contribution in [2.45, 2.75) is 32.6 Å². The number of β-amino-alcohol motifs (C(OH)–C–C–N with tert-alkyl or cyclic N) is 1. The molecule has 1 fully saturated rings. The lowest BCUT2D eigenvalue weighted by Gasteiger charge is -2.36. The predicted molar refractivity (Wildman–Crippen MR) is 90.4 cm³/mol. The number of hydrogen-bond acceptors (Lipinski definition) is 4. The molecule has 0 spiro atoms. The third-order valence-electron chi connectivity index (χ3n) is 4.74. The Morgan fingerprint density at radius 2 is 2.09 bits per heavy atom. The molecule has 22 heavy (non-hydrogen) atoms. The van der Waals surface area contributed by atoms with Crippen molar-refractivity contribution in [3.05, 3.63) is 29.3 Å². The van der Waals surface area contributed by atoms with Crippen LogP contribution in [0.5, 0.6) is 5.75 Å². The highest BCUT2D eigenvalue weighted by Crippen LogP contribution is 2.37. The molecule has 1 aromatic rings. The fourth-order valence-electron chi connectivity index (χ4n) is 3.54. The summed E-state index contributed by atoms with van der Waals surface area (Å²) in [6, 6.07) is 6.42. The second kappa shape index (κ2) is 8.51. The van der Waals surface area contributed by atoms with E-state index in [1.807, 2.05) is 6.92 Å². The average molecular weight is 306 g/mol. The normalized spacial score (nSPS) is 18.4. The van der Waals surface area contributed by atoms with E-state index in [1.165, 1.54) is 11.1 Å². The summed E-state index contributed by atoms with van der Waals surface area (Å²) in [5.74, 6) is 1.94. The zero-order chi connectivity index (χ0) is 15.9. The number of piperidine rings is 1. The van der Waals surface area contributed by atoms with Crippen LogP contribution in [0.2, 0.25) is 0 Å². The van der Waals surface area contributed by atoms with Crippen molar-refractivity contribution in [1.82, 2.24) is 4.90 Å². The summed E-state index contributed by atoms with van der Waals surface area (Å²) < 4.78 is 5.83. The molecule has 1 saturated heterocycles. The van der Waals surface area contributed by atoms with Gasteiger partial charge in [-0.15, -0.1) is 0 Å². The van der Waals surface area contributed by atoms with E-state index in [1.54, 1.807) is 0 Å². The van der Waals surface area contributed by atoms with Gasteiger partial charge in [-0.25, -0.2) is 0 Å². The Bertz CT molecular complexity index is 456. The number of aliphatic hydroxyl groups excluding tert-OH is 1. The summed E-state index contributed by atoms with van der Waals surface area (Å²) in [6.45, 7) is 8.63. The van der Waals surface area contributed by atoms with Crippen LogP contribution in [0.4, 0.5) is 0 Å². The minimum absolute atomic E-state index is 0.247. The Kier molecular flexibility index (Phi) is 6.68. The summed E-state index contributed by atoms with van der Waals surface area (Å²) in [7, 11) is 0. The number of hydrogen-bond donors (Lipinski definition) is 2. The standard InChI is InChI=1S/C18H30N2O2/c1-3-22-18-5-4-14(2)12-16(18)17(13-19)15-6-8-20(9-7-15)10-11-21/h4-5,12,15,17,21H,3,6-11,13,19H2,1-2H3. The molecule has 1 aromatic carbocycles. The minimum atomic E-state index is 0.247. The lowest BCUT2D eigenvalue weighted by atomic mass is 9.79. The molecule has 4 nitrogen and oxygen atoms in total. The van der Waals surface area contributed by atoms with E-state index in [4.69, 9.17) is 15.6 Å². The molecule has 0 radical (unpaired) electrons. The van der Waals surface area contributed by atoms with Gasteiger partial charge in [0.1, 0.15) is 5.75 Å². The van der Waals surface area contributed by atoms with Crippen LogP contribution in [0.15, 0.2) is 18.2 Å². The highest BCUT2D eigenvalue weighted by molar-refractivity contribution is 5.40. The number of likely N-dealkylation sites (tertiary alicyclic amines) is 1. The number of rotatable bonds is 7. The molecule has 1 aliphatic heterocycles. The molecular formula is C18H30N2O2. The highest BCUT2D eigenvalue weighted by Gasteiger charge is 2.28. The quantitative estimate of drug-likeness (QED) is 0.810. The second-order valence-corrected chi connectivity index (χ2v) is 6.22. The van der Waals surface area contributed by atoms with Gasteiger partial charge < -0.3 is 20.5 Å². The Morgan fingerprint density at radius 3 is 2.68 bits per heavy atom. The monoisotopic (exact) mass is 306 g/mol. The van der Waals surface area contributed by atoms with Crippen molar-refractivity contribution in [3.63, 3.8) is 0 Å². The summed E-state index contributed by atoms with van der Waals surface area (Å²) in [5.41, 5.74) is 8.66. The van der Waals surface area contributed by atoms with E-state index in [0.29, 0.717) is 25.0 Å². The van der Waals surface area contributed by atoms with Crippen LogP contribution in [0, 0.1) is 12.8 Å². The van der Waals surface area contributed by atoms with E-state index < -0.39 is 0 Å². The molecule has 2 rings (SSSR count). The van der Waals surface area contributed by atoms with Crippen LogP contribution in [-0.2, 0) is 0 Å². The number of ether oxygens (including phenoxy) is 1. The topological polar surface area (TPSA) is 58.7 Å². The van der Waals surface area contributed by atoms with Gasteiger partial charge in [0.2, 0.25) is 0 Å². The van der Waals surface area contributed by atoms with Crippen molar-refractivity contribution in [3.8, 4) is 5.75 Å². The van der Waals surface area contributed by atoms with Gasteiger partial charge in [0.15, 0.2) is 0 Å². The largest absolute Gasteiger partial charge is 0.494 e. The summed E-state index contributed by atoms with van der Waals surface area (Å²) in [5, 5.41) is 9.07. The number of benzene rings is 1. The molecule has 0 aromatic heterocycles. The maximum Gasteiger partial charge on any atom is 0.122 e. The number of nitrogens with two attached hydrogens (primary N) is 1. The maximum atomic E-state index is 9.07. The Hall–Kier alpha value is -1.10. The minimum Gasteiger partial charge on any atom is -0.494 e. The first-order valence-corrected chi connectivity index (χ1v) is 8.46. The maximum absolute atomic E-state index is 9.07. The lowest BCUT2D eigenvalue weighted by Crippen LogP contribution is -2.38. The smallest absolute Gasteiger partial charge is 0.122 e. The molecular weight excluding hydrogens is 276 g/mol. The Balaban J connectivity index is 2.13. The van der Waals surface area contributed by atoms with Crippen LogP contribution in [0.3, 0.4) is 0 Å². The van der Waals surface area contributed by atoms with Crippen molar-refractivity contribution in [1.29, 1.82) is 0 Å². The van der Waals surface area contributed by atoms with Crippen LogP contribution in [0.1, 0.15) is 36.8 Å². The first-order chi connectivity index (χ1) is 10.7. The first-order valence-electron chi connectivity index (χ1n) is 8.46. The van der Waals surface area contributed by atoms with Crippen LogP contribution in [-0.4, -0.2) is 49.4 Å². The molecule has 1 heterocycles. The zero-order valence-corrected chi connectivity index (χ0v) is 13.9. The molecule has 1 atom stereocenters. The van der Waals surface area contributed by atoms with E-state index in [2.05, 4.69) is 30.0 Å². The number of aliphatic hydroxyl groups is 1. The first kappa shape index (κ1) is 17.3. The Morgan fingerprint density at radius 1 is 1.36 bits per heavy atom. The van der Waals surface area contributed by atoms with Gasteiger partial charge in [0.25, 0.3) is 0 Å². The van der Waals surface area contributed by atoms with Gasteiger partial charge in [0, 0.05) is 12.5 Å². The molecule has 0 aliphatic carbocycles. The van der Waals surface area contributed by atoms with E-state index in [9.17, 15) is 0 Å². The molecule has 0 amide bonds. The van der Waals surface area contributed by atoms with Crippen molar-refractivity contribution in [2.24, 2.45) is 11.7 Å². The van der Waals surface area contributed by atoms with Crippen molar-refractivity contribution in [2.75, 3.05) is 39.4 Å². The van der Waals surface area contributed by atoms with E-state index in [0.717, 1.165) is 38.2 Å². The molecule has 1 unspecified atom stereocenters. The average Bonchev–Trinajstić information content (AvgIpc) is 2.53. The highest BCUT2D eigenvalue weighted by atomic mass is 16.5. The zero-order valence-electron chi connectivity index (χ0n) is 13.9. The molecule has 0 saturated carbocycles. The lowest BCUT2D eigenvalue weighted by molar-refractivity contribution is 0.138. The van der Waals surface area contributed by atoms with Gasteiger partial charge >= 0.3 is 0 Å². The molecule has 124 valence electrons. The Labute approximate surface area is 134 Å².